The maximum Gasteiger partial charge on any atom is 0.473 e. The summed E-state index contributed by atoms with van der Waals surface area (Å²) in [7, 11) is -15.9. The molecule has 6 nitrogen and oxygen atoms in total. The van der Waals surface area contributed by atoms with Gasteiger partial charge in [0.25, 0.3) is 0 Å². The van der Waals surface area contributed by atoms with Crippen LogP contribution in [0.15, 0.2) is 0 Å². The molecule has 0 saturated carbocycles. The van der Waals surface area contributed by atoms with E-state index in [-0.39, 0.29) is 0 Å². The molecule has 0 saturated heterocycles. The molecule has 0 bridgehead atoms. The Bertz CT molecular complexity index is 476. The molecule has 0 rings (SSSR count). The third kappa shape index (κ3) is 14.4. The first-order valence-electron chi connectivity index (χ1n) is 11.0. The SMILES string of the molecule is CC[Si](O[Si](C)(C)O[Si](C)(C)C)(O[Si](C)(C)O[Si](C)(C)C)O[Si](C)(C)O[Si](C)(C)C. The number of rotatable bonds is 13. The molecule has 13 heteroatoms. The third-order valence-corrected chi connectivity index (χ3v) is 27.0. The lowest BCUT2D eigenvalue weighted by Gasteiger charge is -2.46. The normalized spacial score (nSPS) is 15.6. The fourth-order valence-electron chi connectivity index (χ4n) is 3.68. The first-order valence-corrected chi connectivity index (χ1v) is 31.6. The van der Waals surface area contributed by atoms with Crippen LogP contribution >= 0.6 is 0 Å². The lowest BCUT2D eigenvalue weighted by molar-refractivity contribution is 0.193. The van der Waals surface area contributed by atoms with Crippen LogP contribution < -0.4 is 0 Å². The molecular weight excluding hydrogens is 497 g/mol. The Morgan fingerprint density at radius 1 is 0.367 bits per heavy atom. The van der Waals surface area contributed by atoms with E-state index in [0.29, 0.717) is 6.04 Å². The molecular formula is C17H50O6Si7. The molecule has 0 aliphatic carbocycles. The molecule has 0 aromatic heterocycles. The van der Waals surface area contributed by atoms with E-state index in [0.717, 1.165) is 0 Å². The smallest absolute Gasteiger partial charge is 0.437 e. The molecule has 0 atom stereocenters. The average molecular weight is 547 g/mol. The zero-order chi connectivity index (χ0) is 24.4. The van der Waals surface area contributed by atoms with E-state index in [1.165, 1.54) is 0 Å². The summed E-state index contributed by atoms with van der Waals surface area (Å²) in [4.78, 5) is 0. The first-order chi connectivity index (χ1) is 12.8. The minimum absolute atomic E-state index is 0.676. The quantitative estimate of drug-likeness (QED) is 0.241. The number of hydrogen-bond donors (Lipinski definition) is 0. The third-order valence-electron chi connectivity index (χ3n) is 3.29. The van der Waals surface area contributed by atoms with Crippen LogP contribution in [0.2, 0.25) is 104 Å². The second-order valence-corrected chi connectivity index (χ2v) is 40.2. The highest BCUT2D eigenvalue weighted by Crippen LogP contribution is 2.32. The Hall–Kier alpha value is 1.28. The molecule has 0 N–H and O–H groups in total. The van der Waals surface area contributed by atoms with E-state index in [1.54, 1.807) is 0 Å². The van der Waals surface area contributed by atoms with Crippen molar-refractivity contribution in [2.75, 3.05) is 0 Å². The Labute approximate surface area is 194 Å². The first kappa shape index (κ1) is 31.3. The van der Waals surface area contributed by atoms with Crippen molar-refractivity contribution in [3.05, 3.63) is 0 Å². The highest BCUT2D eigenvalue weighted by Gasteiger charge is 2.55. The molecule has 0 aliphatic heterocycles. The summed E-state index contributed by atoms with van der Waals surface area (Å²) in [5, 5.41) is 0. The van der Waals surface area contributed by atoms with Gasteiger partial charge >= 0.3 is 34.5 Å². The molecule has 0 heterocycles. The second kappa shape index (κ2) is 10.3. The topological polar surface area (TPSA) is 55.4 Å². The van der Waals surface area contributed by atoms with Crippen LogP contribution in [0.25, 0.3) is 0 Å². The van der Waals surface area contributed by atoms with E-state index >= 15 is 0 Å². The average Bonchev–Trinajstić information content (AvgIpc) is 2.25. The summed E-state index contributed by atoms with van der Waals surface area (Å²) in [5.74, 6) is 0. The zero-order valence-electron chi connectivity index (χ0n) is 22.7. The fourth-order valence-corrected chi connectivity index (χ4v) is 35.3. The van der Waals surface area contributed by atoms with Crippen molar-refractivity contribution in [1.29, 1.82) is 0 Å². The molecule has 182 valence electrons. The molecule has 0 aromatic rings. The fraction of sp³-hybridized carbons (Fsp3) is 1.00. The molecule has 0 aliphatic rings. The van der Waals surface area contributed by atoms with Crippen LogP contribution in [-0.4, -0.2) is 59.4 Å². The Balaban J connectivity index is 6.08. The monoisotopic (exact) mass is 546 g/mol. The predicted octanol–water partition coefficient (Wildman–Crippen LogP) is 6.65. The van der Waals surface area contributed by atoms with Gasteiger partial charge in [-0.15, -0.1) is 0 Å². The van der Waals surface area contributed by atoms with Gasteiger partial charge in [0.05, 0.1) is 0 Å². The molecule has 0 spiro atoms. The summed E-state index contributed by atoms with van der Waals surface area (Å²) in [6.45, 7) is 34.5. The molecule has 0 amide bonds. The van der Waals surface area contributed by atoms with Gasteiger partial charge in [-0.1, -0.05) is 6.92 Å². The highest BCUT2D eigenvalue weighted by molar-refractivity contribution is 6.92. The van der Waals surface area contributed by atoms with E-state index in [1.807, 2.05) is 0 Å². The minimum atomic E-state index is -3.10. The predicted molar refractivity (Wildman–Crippen MR) is 145 cm³/mol. The van der Waals surface area contributed by atoms with E-state index in [9.17, 15) is 0 Å². The standard InChI is InChI=1S/C17H50O6Si7/c1-17-30(21-27(11,12)18-24(2,3)4,22-28(13,14)19-25(5,6)7)23-29(15,16)20-26(8,9)10/h17H2,1-16H3. The lowest BCUT2D eigenvalue weighted by atomic mass is 11.0. The Morgan fingerprint density at radius 2 is 0.567 bits per heavy atom. The summed E-state index contributed by atoms with van der Waals surface area (Å²) in [5.41, 5.74) is 0. The summed E-state index contributed by atoms with van der Waals surface area (Å²) < 4.78 is 40.0. The van der Waals surface area contributed by atoms with Crippen LogP contribution in [0.3, 0.4) is 0 Å². The van der Waals surface area contributed by atoms with Crippen molar-refractivity contribution in [3.63, 3.8) is 0 Å². The maximum absolute atomic E-state index is 6.84. The molecule has 0 radical (unpaired) electrons. The van der Waals surface area contributed by atoms with Crippen molar-refractivity contribution >= 4 is 59.4 Å². The lowest BCUT2D eigenvalue weighted by Crippen LogP contribution is -2.65. The largest absolute Gasteiger partial charge is 0.473 e. The van der Waals surface area contributed by atoms with Crippen molar-refractivity contribution in [1.82, 2.24) is 0 Å². The van der Waals surface area contributed by atoms with Crippen LogP contribution in [0.5, 0.6) is 0 Å². The van der Waals surface area contributed by atoms with Gasteiger partial charge in [0.2, 0.25) is 0 Å². The Kier molecular flexibility index (Phi) is 10.7. The van der Waals surface area contributed by atoms with E-state index < -0.39 is 59.4 Å². The second-order valence-electron chi connectivity index (χ2n) is 12.2. The van der Waals surface area contributed by atoms with Crippen LogP contribution in [0, 0.1) is 0 Å². The van der Waals surface area contributed by atoms with Gasteiger partial charge in [0, 0.05) is 6.04 Å². The number of hydrogen-bond acceptors (Lipinski definition) is 6. The van der Waals surface area contributed by atoms with Crippen molar-refractivity contribution in [2.45, 2.75) is 111 Å². The molecule has 0 unspecified atom stereocenters. The molecule has 30 heavy (non-hydrogen) atoms. The minimum Gasteiger partial charge on any atom is -0.437 e. The van der Waals surface area contributed by atoms with Crippen LogP contribution in [0.1, 0.15) is 6.92 Å². The van der Waals surface area contributed by atoms with Crippen molar-refractivity contribution in [2.24, 2.45) is 0 Å². The van der Waals surface area contributed by atoms with Gasteiger partial charge in [-0.2, -0.15) is 0 Å². The Morgan fingerprint density at radius 3 is 0.700 bits per heavy atom. The van der Waals surface area contributed by atoms with Gasteiger partial charge in [0.15, 0.2) is 25.0 Å². The summed E-state index contributed by atoms with van der Waals surface area (Å²) >= 11 is 0. The van der Waals surface area contributed by atoms with Crippen molar-refractivity contribution < 1.29 is 24.7 Å². The highest BCUT2D eigenvalue weighted by atomic mass is 28.5. The van der Waals surface area contributed by atoms with E-state index in [4.69, 9.17) is 24.7 Å². The zero-order valence-corrected chi connectivity index (χ0v) is 29.7. The summed E-state index contributed by atoms with van der Waals surface area (Å²) in [6, 6.07) is 0.676. The van der Waals surface area contributed by atoms with Gasteiger partial charge < -0.3 is 24.7 Å². The van der Waals surface area contributed by atoms with Gasteiger partial charge in [-0.25, -0.2) is 0 Å². The molecule has 0 fully saturated rings. The van der Waals surface area contributed by atoms with Crippen molar-refractivity contribution in [3.8, 4) is 0 Å². The van der Waals surface area contributed by atoms with Gasteiger partial charge in [0.1, 0.15) is 0 Å². The van der Waals surface area contributed by atoms with Crippen LogP contribution in [-0.2, 0) is 24.7 Å². The maximum atomic E-state index is 6.84. The molecule has 0 aromatic carbocycles. The van der Waals surface area contributed by atoms with E-state index in [2.05, 4.69) is 105 Å². The van der Waals surface area contributed by atoms with Crippen LogP contribution in [0.4, 0.5) is 0 Å². The van der Waals surface area contributed by atoms with Gasteiger partial charge in [-0.3, -0.25) is 0 Å². The van der Waals surface area contributed by atoms with Gasteiger partial charge in [-0.05, 0) is 98.2 Å². The summed E-state index contributed by atoms with van der Waals surface area (Å²) in [6.07, 6.45) is 0.